The minimum atomic E-state index is -0.364. The van der Waals surface area contributed by atoms with Crippen molar-refractivity contribution in [2.24, 2.45) is 0 Å². The van der Waals surface area contributed by atoms with Crippen LogP contribution in [0.3, 0.4) is 0 Å². The minimum absolute atomic E-state index is 0. The molecule has 24 heavy (non-hydrogen) atoms. The van der Waals surface area contributed by atoms with Crippen LogP contribution in [0.5, 0.6) is 0 Å². The average molecular weight is 371 g/mol. The monoisotopic (exact) mass is 370 g/mol. The van der Waals surface area contributed by atoms with E-state index in [2.05, 4.69) is 17.6 Å². The van der Waals surface area contributed by atoms with Crippen LogP contribution in [0.4, 0.5) is 0 Å². The minimum Gasteiger partial charge on any atom is -0.352 e. The number of benzene rings is 1. The highest BCUT2D eigenvalue weighted by Crippen LogP contribution is 2.40. The van der Waals surface area contributed by atoms with Crippen LogP contribution in [0.2, 0.25) is 5.02 Å². The fourth-order valence-electron chi connectivity index (χ4n) is 4.16. The second kappa shape index (κ2) is 8.55. The van der Waals surface area contributed by atoms with Crippen molar-refractivity contribution in [1.82, 2.24) is 10.6 Å². The largest absolute Gasteiger partial charge is 0.352 e. The van der Waals surface area contributed by atoms with E-state index < -0.39 is 0 Å². The van der Waals surface area contributed by atoms with Gasteiger partial charge in [0, 0.05) is 17.1 Å². The maximum Gasteiger partial charge on any atom is 0.230 e. The summed E-state index contributed by atoms with van der Waals surface area (Å²) in [6.07, 6.45) is 7.40. The molecular weight excluding hydrogens is 343 g/mol. The average Bonchev–Trinajstić information content (AvgIpc) is 2.56. The first-order valence-electron chi connectivity index (χ1n) is 8.90. The molecule has 0 aromatic heterocycles. The lowest BCUT2D eigenvalue weighted by Crippen LogP contribution is -2.53. The Kier molecular flexibility index (Phi) is 6.97. The molecular formula is C19H28Cl2N2O. The molecule has 1 aliphatic carbocycles. The number of piperidine rings is 1. The van der Waals surface area contributed by atoms with Crippen LogP contribution in [-0.4, -0.2) is 24.5 Å². The third-order valence-electron chi connectivity index (χ3n) is 5.50. The molecule has 2 N–H and O–H groups in total. The lowest BCUT2D eigenvalue weighted by atomic mass is 9.68. The Labute approximate surface area is 156 Å². The van der Waals surface area contributed by atoms with Gasteiger partial charge in [0.1, 0.15) is 0 Å². The zero-order valence-corrected chi connectivity index (χ0v) is 15.9. The van der Waals surface area contributed by atoms with Gasteiger partial charge in [-0.05, 0) is 56.8 Å². The zero-order valence-electron chi connectivity index (χ0n) is 14.3. The van der Waals surface area contributed by atoms with Gasteiger partial charge in [0.05, 0.1) is 5.41 Å². The van der Waals surface area contributed by atoms with E-state index >= 15 is 0 Å². The Hall–Kier alpha value is -0.770. The van der Waals surface area contributed by atoms with E-state index in [1.54, 1.807) is 0 Å². The van der Waals surface area contributed by atoms with E-state index in [9.17, 15) is 4.79 Å². The second-order valence-corrected chi connectivity index (χ2v) is 7.64. The van der Waals surface area contributed by atoms with Gasteiger partial charge in [-0.1, -0.05) is 43.0 Å². The first-order valence-corrected chi connectivity index (χ1v) is 9.28. The zero-order chi connectivity index (χ0) is 16.3. The Morgan fingerprint density at radius 2 is 1.88 bits per heavy atom. The highest BCUT2D eigenvalue weighted by molar-refractivity contribution is 6.30. The highest BCUT2D eigenvalue weighted by Gasteiger charge is 2.41. The SMILES string of the molecule is CC1CC(NC(=O)C2(c3ccc(Cl)cc3)CCCCC2)CCN1.Cl. The number of halogens is 2. The lowest BCUT2D eigenvalue weighted by Gasteiger charge is -2.39. The first-order chi connectivity index (χ1) is 11.1. The molecule has 2 atom stereocenters. The molecule has 5 heteroatoms. The van der Waals surface area contributed by atoms with Crippen LogP contribution in [0.15, 0.2) is 24.3 Å². The summed E-state index contributed by atoms with van der Waals surface area (Å²) in [4.78, 5) is 13.2. The topological polar surface area (TPSA) is 41.1 Å². The summed E-state index contributed by atoms with van der Waals surface area (Å²) in [6.45, 7) is 3.17. The number of carbonyl (C=O) groups is 1. The number of amides is 1. The summed E-state index contributed by atoms with van der Waals surface area (Å²) in [5, 5.41) is 7.54. The molecule has 1 amide bonds. The van der Waals surface area contributed by atoms with Crippen LogP contribution >= 0.6 is 24.0 Å². The Balaban J connectivity index is 0.00000208. The molecule has 1 aliphatic heterocycles. The molecule has 1 aromatic carbocycles. The van der Waals surface area contributed by atoms with Gasteiger partial charge < -0.3 is 10.6 Å². The number of carbonyl (C=O) groups excluding carboxylic acids is 1. The van der Waals surface area contributed by atoms with E-state index in [1.807, 2.05) is 24.3 Å². The fourth-order valence-corrected chi connectivity index (χ4v) is 4.28. The van der Waals surface area contributed by atoms with Crippen LogP contribution in [0, 0.1) is 0 Å². The molecule has 0 spiro atoms. The van der Waals surface area contributed by atoms with Gasteiger partial charge in [-0.25, -0.2) is 0 Å². The van der Waals surface area contributed by atoms with Crippen molar-refractivity contribution < 1.29 is 4.79 Å². The van der Waals surface area contributed by atoms with E-state index in [0.717, 1.165) is 55.7 Å². The van der Waals surface area contributed by atoms with Gasteiger partial charge in [0.25, 0.3) is 0 Å². The van der Waals surface area contributed by atoms with E-state index in [1.165, 1.54) is 6.42 Å². The molecule has 134 valence electrons. The number of hydrogen-bond donors (Lipinski definition) is 2. The van der Waals surface area contributed by atoms with Gasteiger partial charge in [0.2, 0.25) is 5.91 Å². The van der Waals surface area contributed by atoms with Crippen molar-refractivity contribution in [3.63, 3.8) is 0 Å². The van der Waals surface area contributed by atoms with Gasteiger partial charge in [-0.15, -0.1) is 12.4 Å². The van der Waals surface area contributed by atoms with Crippen molar-refractivity contribution in [1.29, 1.82) is 0 Å². The molecule has 2 aliphatic rings. The van der Waals surface area contributed by atoms with Crippen molar-refractivity contribution in [3.05, 3.63) is 34.9 Å². The molecule has 2 unspecified atom stereocenters. The third kappa shape index (κ3) is 4.25. The maximum absolute atomic E-state index is 13.2. The van der Waals surface area contributed by atoms with E-state index in [-0.39, 0.29) is 23.7 Å². The summed E-state index contributed by atoms with van der Waals surface area (Å²) in [5.74, 6) is 0.221. The number of hydrogen-bond acceptors (Lipinski definition) is 2. The lowest BCUT2D eigenvalue weighted by molar-refractivity contribution is -0.129. The van der Waals surface area contributed by atoms with Gasteiger partial charge in [0.15, 0.2) is 0 Å². The summed E-state index contributed by atoms with van der Waals surface area (Å²) >= 11 is 6.04. The van der Waals surface area contributed by atoms with Crippen molar-refractivity contribution in [2.75, 3.05) is 6.54 Å². The Bertz CT molecular complexity index is 541. The molecule has 1 saturated carbocycles. The Morgan fingerprint density at radius 1 is 1.21 bits per heavy atom. The molecule has 2 fully saturated rings. The summed E-state index contributed by atoms with van der Waals surface area (Å²) in [7, 11) is 0. The van der Waals surface area contributed by atoms with E-state index in [4.69, 9.17) is 11.6 Å². The van der Waals surface area contributed by atoms with Gasteiger partial charge >= 0.3 is 0 Å². The number of nitrogens with one attached hydrogen (secondary N) is 2. The molecule has 1 aromatic rings. The normalized spacial score (nSPS) is 26.2. The second-order valence-electron chi connectivity index (χ2n) is 7.20. The first kappa shape index (κ1) is 19.6. The van der Waals surface area contributed by atoms with E-state index in [0.29, 0.717) is 12.1 Å². The van der Waals surface area contributed by atoms with Crippen molar-refractivity contribution in [2.45, 2.75) is 69.4 Å². The van der Waals surface area contributed by atoms with Crippen LogP contribution in [-0.2, 0) is 10.2 Å². The predicted molar refractivity (Wildman–Crippen MR) is 102 cm³/mol. The van der Waals surface area contributed by atoms with Crippen LogP contribution in [0.1, 0.15) is 57.4 Å². The maximum atomic E-state index is 13.2. The molecule has 1 heterocycles. The molecule has 1 saturated heterocycles. The fraction of sp³-hybridized carbons (Fsp3) is 0.632. The third-order valence-corrected chi connectivity index (χ3v) is 5.75. The molecule has 0 bridgehead atoms. The van der Waals surface area contributed by atoms with Crippen molar-refractivity contribution >= 4 is 29.9 Å². The van der Waals surface area contributed by atoms with Crippen LogP contribution < -0.4 is 10.6 Å². The summed E-state index contributed by atoms with van der Waals surface area (Å²) in [5.41, 5.74) is 0.762. The standard InChI is InChI=1S/C19H27ClN2O.ClH/c1-14-13-17(9-12-21-14)22-18(23)19(10-3-2-4-11-19)15-5-7-16(20)8-6-15;/h5-8,14,17,21H,2-4,9-13H2,1H3,(H,22,23);1H. The molecule has 0 radical (unpaired) electrons. The van der Waals surface area contributed by atoms with Crippen LogP contribution in [0.25, 0.3) is 0 Å². The molecule has 3 nitrogen and oxygen atoms in total. The number of rotatable bonds is 3. The Morgan fingerprint density at radius 3 is 2.50 bits per heavy atom. The van der Waals surface area contributed by atoms with Crippen molar-refractivity contribution in [3.8, 4) is 0 Å². The van der Waals surface area contributed by atoms with Gasteiger partial charge in [-0.3, -0.25) is 4.79 Å². The summed E-state index contributed by atoms with van der Waals surface area (Å²) in [6, 6.07) is 8.67. The quantitative estimate of drug-likeness (QED) is 0.835. The summed E-state index contributed by atoms with van der Waals surface area (Å²) < 4.78 is 0. The smallest absolute Gasteiger partial charge is 0.230 e. The predicted octanol–water partition coefficient (Wildman–Crippen LogP) is 4.22. The highest BCUT2D eigenvalue weighted by atomic mass is 35.5. The molecule has 3 rings (SSSR count). The van der Waals surface area contributed by atoms with Gasteiger partial charge in [-0.2, -0.15) is 0 Å².